The van der Waals surface area contributed by atoms with Gasteiger partial charge >= 0.3 is 5.97 Å². The molecule has 4 heteroatoms. The molecule has 2 N–H and O–H groups in total. The number of carboxylic acid groups (broad SMARTS) is 1. The van der Waals surface area contributed by atoms with E-state index in [1.807, 2.05) is 30.3 Å². The molecule has 1 aromatic carbocycles. The maximum atomic E-state index is 10.6. The normalized spacial score (nSPS) is 14.4. The molecular weight excluding hydrogens is 208 g/mol. The van der Waals surface area contributed by atoms with E-state index in [1.54, 1.807) is 0 Å². The first-order valence-corrected chi connectivity index (χ1v) is 5.14. The zero-order valence-electron chi connectivity index (χ0n) is 9.17. The highest BCUT2D eigenvalue weighted by Crippen LogP contribution is 2.06. The summed E-state index contributed by atoms with van der Waals surface area (Å²) in [5.41, 5.74) is 0.998. The van der Waals surface area contributed by atoms with E-state index in [-0.39, 0.29) is 6.61 Å². The number of aliphatic carboxylic acids is 1. The molecule has 0 heterocycles. The smallest absolute Gasteiger partial charge is 0.308 e. The molecule has 0 amide bonds. The van der Waals surface area contributed by atoms with E-state index in [0.29, 0.717) is 6.61 Å². The second-order valence-electron chi connectivity index (χ2n) is 3.69. The first-order valence-electron chi connectivity index (χ1n) is 5.14. The molecule has 2 atom stereocenters. The molecule has 0 bridgehead atoms. The molecule has 16 heavy (non-hydrogen) atoms. The van der Waals surface area contributed by atoms with Crippen LogP contribution in [0.4, 0.5) is 0 Å². The fraction of sp³-hybridized carbons (Fsp3) is 0.417. The van der Waals surface area contributed by atoms with Crippen molar-refractivity contribution in [2.24, 2.45) is 5.92 Å². The molecule has 0 radical (unpaired) electrons. The second kappa shape index (κ2) is 6.25. The maximum absolute atomic E-state index is 10.6. The summed E-state index contributed by atoms with van der Waals surface area (Å²) in [6.45, 7) is 1.87. The second-order valence-corrected chi connectivity index (χ2v) is 3.69. The van der Waals surface area contributed by atoms with Crippen molar-refractivity contribution in [3.05, 3.63) is 35.9 Å². The van der Waals surface area contributed by atoms with E-state index in [0.717, 1.165) is 5.56 Å². The third-order valence-corrected chi connectivity index (χ3v) is 2.37. The van der Waals surface area contributed by atoms with Gasteiger partial charge in [0.25, 0.3) is 0 Å². The van der Waals surface area contributed by atoms with Crippen LogP contribution in [-0.4, -0.2) is 28.9 Å². The number of carbonyl (C=O) groups is 1. The molecule has 0 aliphatic carbocycles. The molecule has 0 aromatic heterocycles. The number of hydrogen-bond acceptors (Lipinski definition) is 3. The maximum Gasteiger partial charge on any atom is 0.308 e. The third-order valence-electron chi connectivity index (χ3n) is 2.37. The minimum Gasteiger partial charge on any atom is -0.481 e. The van der Waals surface area contributed by atoms with Crippen LogP contribution in [-0.2, 0) is 16.1 Å². The Hall–Kier alpha value is -1.39. The Morgan fingerprint density at radius 2 is 2.00 bits per heavy atom. The van der Waals surface area contributed by atoms with Crippen LogP contribution in [0, 0.1) is 5.92 Å². The zero-order chi connectivity index (χ0) is 12.0. The highest BCUT2D eigenvalue weighted by atomic mass is 16.5. The van der Waals surface area contributed by atoms with Gasteiger partial charge in [0.2, 0.25) is 0 Å². The largest absolute Gasteiger partial charge is 0.481 e. The van der Waals surface area contributed by atoms with Gasteiger partial charge in [0, 0.05) is 0 Å². The lowest BCUT2D eigenvalue weighted by molar-refractivity contribution is -0.146. The van der Waals surface area contributed by atoms with E-state index in [9.17, 15) is 9.90 Å². The van der Waals surface area contributed by atoms with Crippen molar-refractivity contribution in [2.75, 3.05) is 6.61 Å². The molecule has 0 saturated heterocycles. The van der Waals surface area contributed by atoms with Crippen molar-refractivity contribution in [1.82, 2.24) is 0 Å². The molecule has 4 nitrogen and oxygen atoms in total. The molecule has 88 valence electrons. The summed E-state index contributed by atoms with van der Waals surface area (Å²) in [6, 6.07) is 9.52. The van der Waals surface area contributed by atoms with Gasteiger partial charge in [-0.05, 0) is 12.5 Å². The molecule has 1 aromatic rings. The quantitative estimate of drug-likeness (QED) is 0.764. The molecule has 0 saturated carbocycles. The van der Waals surface area contributed by atoms with E-state index in [4.69, 9.17) is 9.84 Å². The van der Waals surface area contributed by atoms with Crippen LogP contribution in [0.2, 0.25) is 0 Å². The van der Waals surface area contributed by atoms with Crippen molar-refractivity contribution < 1.29 is 19.7 Å². The Kier molecular flexibility index (Phi) is 4.95. The van der Waals surface area contributed by atoms with Gasteiger partial charge in [-0.25, -0.2) is 0 Å². The van der Waals surface area contributed by atoms with Crippen LogP contribution in [0.25, 0.3) is 0 Å². The number of ether oxygens (including phenoxy) is 1. The van der Waals surface area contributed by atoms with Gasteiger partial charge < -0.3 is 14.9 Å². The Morgan fingerprint density at radius 1 is 1.38 bits per heavy atom. The van der Waals surface area contributed by atoms with Crippen LogP contribution in [0.1, 0.15) is 12.5 Å². The first kappa shape index (κ1) is 12.7. The SMILES string of the molecule is C[C@H](C(=O)O)[C@H](O)COCc1ccccc1. The predicted octanol–water partition coefficient (Wildman–Crippen LogP) is 1.28. The fourth-order valence-corrected chi connectivity index (χ4v) is 1.18. The van der Waals surface area contributed by atoms with Crippen LogP contribution >= 0.6 is 0 Å². The molecule has 0 unspecified atom stereocenters. The Morgan fingerprint density at radius 3 is 2.56 bits per heavy atom. The number of hydrogen-bond donors (Lipinski definition) is 2. The van der Waals surface area contributed by atoms with E-state index >= 15 is 0 Å². The lowest BCUT2D eigenvalue weighted by Gasteiger charge is -2.14. The van der Waals surface area contributed by atoms with Crippen molar-refractivity contribution in [3.63, 3.8) is 0 Å². The Bertz CT molecular complexity index is 323. The van der Waals surface area contributed by atoms with Gasteiger partial charge in [0.05, 0.1) is 25.2 Å². The van der Waals surface area contributed by atoms with Gasteiger partial charge in [0.1, 0.15) is 0 Å². The predicted molar refractivity (Wildman–Crippen MR) is 58.9 cm³/mol. The van der Waals surface area contributed by atoms with E-state index < -0.39 is 18.0 Å². The summed E-state index contributed by atoms with van der Waals surface area (Å²) in [7, 11) is 0. The van der Waals surface area contributed by atoms with Gasteiger partial charge in [0.15, 0.2) is 0 Å². The van der Waals surface area contributed by atoms with Crippen molar-refractivity contribution in [2.45, 2.75) is 19.6 Å². The molecule has 0 aliphatic rings. The summed E-state index contributed by atoms with van der Waals surface area (Å²) in [6.07, 6.45) is -0.971. The minimum atomic E-state index is -1.02. The zero-order valence-corrected chi connectivity index (χ0v) is 9.17. The number of rotatable bonds is 6. The van der Waals surface area contributed by atoms with Gasteiger partial charge in [-0.15, -0.1) is 0 Å². The number of aliphatic hydroxyl groups is 1. The van der Waals surface area contributed by atoms with Crippen LogP contribution in [0.3, 0.4) is 0 Å². The highest BCUT2D eigenvalue weighted by molar-refractivity contribution is 5.70. The first-order chi connectivity index (χ1) is 7.61. The lowest BCUT2D eigenvalue weighted by Crippen LogP contribution is -2.29. The van der Waals surface area contributed by atoms with Crippen molar-refractivity contribution >= 4 is 5.97 Å². The summed E-state index contributed by atoms with van der Waals surface area (Å²) >= 11 is 0. The summed E-state index contributed by atoms with van der Waals surface area (Å²) in [5.74, 6) is -1.83. The van der Waals surface area contributed by atoms with Crippen LogP contribution in [0.15, 0.2) is 30.3 Å². The number of aliphatic hydroxyl groups excluding tert-OH is 1. The molecule has 1 rings (SSSR count). The van der Waals surface area contributed by atoms with Crippen LogP contribution < -0.4 is 0 Å². The van der Waals surface area contributed by atoms with E-state index in [1.165, 1.54) is 6.92 Å². The molecule has 0 fully saturated rings. The summed E-state index contributed by atoms with van der Waals surface area (Å²) < 4.78 is 5.24. The highest BCUT2D eigenvalue weighted by Gasteiger charge is 2.21. The average Bonchev–Trinajstić information content (AvgIpc) is 2.29. The minimum absolute atomic E-state index is 0.0301. The molecular formula is C12H16O4. The van der Waals surface area contributed by atoms with Gasteiger partial charge in [-0.3, -0.25) is 4.79 Å². The topological polar surface area (TPSA) is 66.8 Å². The molecule has 0 aliphatic heterocycles. The monoisotopic (exact) mass is 224 g/mol. The summed E-state index contributed by atoms with van der Waals surface area (Å²) in [5, 5.41) is 18.1. The van der Waals surface area contributed by atoms with Crippen LogP contribution in [0.5, 0.6) is 0 Å². The third kappa shape index (κ3) is 4.00. The van der Waals surface area contributed by atoms with Crippen molar-refractivity contribution in [1.29, 1.82) is 0 Å². The lowest BCUT2D eigenvalue weighted by atomic mass is 10.1. The van der Waals surface area contributed by atoms with Gasteiger partial charge in [-0.2, -0.15) is 0 Å². The standard InChI is InChI=1S/C12H16O4/c1-9(12(14)15)11(13)8-16-7-10-5-3-2-4-6-10/h2-6,9,11,13H,7-8H2,1H3,(H,14,15)/t9-,11+/m0/s1. The molecule has 0 spiro atoms. The Labute approximate surface area is 94.5 Å². The average molecular weight is 224 g/mol. The number of benzene rings is 1. The fourth-order valence-electron chi connectivity index (χ4n) is 1.18. The summed E-state index contributed by atoms with van der Waals surface area (Å²) in [4.78, 5) is 10.6. The Balaban J connectivity index is 2.28. The van der Waals surface area contributed by atoms with Crippen molar-refractivity contribution in [3.8, 4) is 0 Å². The van der Waals surface area contributed by atoms with Gasteiger partial charge in [-0.1, -0.05) is 30.3 Å². The number of carboxylic acids is 1. The van der Waals surface area contributed by atoms with E-state index in [2.05, 4.69) is 0 Å².